The van der Waals surface area contributed by atoms with E-state index in [0.717, 1.165) is 10.8 Å². The van der Waals surface area contributed by atoms with E-state index in [-0.39, 0.29) is 31.6 Å². The Balaban J connectivity index is 0.000000350. The van der Waals surface area contributed by atoms with Crippen molar-refractivity contribution < 1.29 is 34.7 Å². The van der Waals surface area contributed by atoms with E-state index in [9.17, 15) is 4.79 Å². The van der Waals surface area contributed by atoms with Gasteiger partial charge in [0.15, 0.2) is 5.78 Å². The molecule has 0 saturated carbocycles. The SMILES string of the molecule is CC(=O)/C=C(/C)O.Cc1cc2c(Oc3[c-]cccc3)nccc2c2ccccc12.[Ir]. The third kappa shape index (κ3) is 5.75. The Morgan fingerprint density at radius 2 is 1.67 bits per heavy atom. The first-order chi connectivity index (χ1) is 14.0. The van der Waals surface area contributed by atoms with Crippen LogP contribution in [-0.2, 0) is 24.9 Å². The molecule has 0 bridgehead atoms. The van der Waals surface area contributed by atoms with Gasteiger partial charge in [-0.3, -0.25) is 4.79 Å². The van der Waals surface area contributed by atoms with E-state index in [0.29, 0.717) is 11.6 Å². The average Bonchev–Trinajstić information content (AvgIpc) is 2.69. The average molecular weight is 577 g/mol. The van der Waals surface area contributed by atoms with Crippen molar-refractivity contribution in [3.05, 3.63) is 90.3 Å². The standard InChI is InChI=1S/C20H14NO.C5H8O2.Ir/c1-14-13-19-18(17-10-6-5-9-16(14)17)11-12-21-20(19)22-15-7-3-2-4-8-15;1-4(6)3-5(2)7;/h2-7,9-13H,1H3;3,6H,1-2H3;/q-1;;/b;4-3-;. The number of carbonyl (C=O) groups excluding carboxylic acids is 1. The van der Waals surface area contributed by atoms with Crippen molar-refractivity contribution in [1.82, 2.24) is 4.98 Å². The second-order valence-corrected chi connectivity index (χ2v) is 6.68. The fourth-order valence-corrected chi connectivity index (χ4v) is 3.10. The zero-order chi connectivity index (χ0) is 20.8. The molecule has 155 valence electrons. The molecule has 0 saturated heterocycles. The Labute approximate surface area is 189 Å². The topological polar surface area (TPSA) is 59.4 Å². The maximum Gasteiger partial charge on any atom is 0.224 e. The minimum Gasteiger partial charge on any atom is -0.512 e. The number of carbonyl (C=O) groups is 1. The number of fused-ring (bicyclic) bond motifs is 3. The Hall–Kier alpha value is -3.01. The molecule has 3 aromatic carbocycles. The first-order valence-electron chi connectivity index (χ1n) is 9.25. The van der Waals surface area contributed by atoms with Crippen molar-refractivity contribution in [1.29, 1.82) is 0 Å². The molecular formula is C25H22IrNO3-. The molecule has 0 atom stereocenters. The first-order valence-corrected chi connectivity index (χ1v) is 9.25. The molecule has 0 aliphatic rings. The number of aliphatic hydroxyl groups excluding tert-OH is 1. The van der Waals surface area contributed by atoms with Crippen molar-refractivity contribution in [3.8, 4) is 11.6 Å². The number of aliphatic hydroxyl groups is 1. The van der Waals surface area contributed by atoms with E-state index in [1.54, 1.807) is 6.20 Å². The Morgan fingerprint density at radius 3 is 2.27 bits per heavy atom. The van der Waals surface area contributed by atoms with Gasteiger partial charge < -0.3 is 9.84 Å². The summed E-state index contributed by atoms with van der Waals surface area (Å²) < 4.78 is 5.93. The minimum absolute atomic E-state index is 0. The van der Waals surface area contributed by atoms with Gasteiger partial charge in [0.25, 0.3) is 0 Å². The minimum atomic E-state index is -0.125. The number of pyridine rings is 1. The van der Waals surface area contributed by atoms with E-state index >= 15 is 0 Å². The predicted octanol–water partition coefficient (Wildman–Crippen LogP) is 6.32. The number of allylic oxidation sites excluding steroid dienone is 2. The van der Waals surface area contributed by atoms with Crippen LogP contribution in [0.25, 0.3) is 21.5 Å². The van der Waals surface area contributed by atoms with Crippen LogP contribution in [0.15, 0.2) is 78.7 Å². The molecule has 0 amide bonds. The summed E-state index contributed by atoms with van der Waals surface area (Å²) in [7, 11) is 0. The summed E-state index contributed by atoms with van der Waals surface area (Å²) in [5.74, 6) is 1.23. The first kappa shape index (κ1) is 23.3. The fourth-order valence-electron chi connectivity index (χ4n) is 3.10. The molecule has 4 aromatic rings. The summed E-state index contributed by atoms with van der Waals surface area (Å²) in [6, 6.07) is 23.2. The molecule has 0 aliphatic heterocycles. The molecule has 5 heteroatoms. The van der Waals surface area contributed by atoms with Crippen LogP contribution in [0.3, 0.4) is 0 Å². The van der Waals surface area contributed by atoms with Crippen LogP contribution in [0.5, 0.6) is 11.6 Å². The number of aromatic nitrogens is 1. The van der Waals surface area contributed by atoms with Crippen LogP contribution in [0, 0.1) is 13.0 Å². The number of hydrogen-bond acceptors (Lipinski definition) is 4. The molecule has 1 N–H and O–H groups in total. The summed E-state index contributed by atoms with van der Waals surface area (Å²) in [6.07, 6.45) is 2.96. The molecular weight excluding hydrogens is 554 g/mol. The molecule has 1 radical (unpaired) electrons. The molecule has 0 fully saturated rings. The number of aryl methyl sites for hydroxylation is 1. The molecule has 4 rings (SSSR count). The summed E-state index contributed by atoms with van der Waals surface area (Å²) in [5, 5.41) is 13.0. The smallest absolute Gasteiger partial charge is 0.224 e. The van der Waals surface area contributed by atoms with Gasteiger partial charge in [-0.2, -0.15) is 18.2 Å². The van der Waals surface area contributed by atoms with E-state index in [4.69, 9.17) is 9.84 Å². The number of rotatable bonds is 3. The second kappa shape index (κ2) is 10.7. The van der Waals surface area contributed by atoms with Gasteiger partial charge in [0.2, 0.25) is 5.88 Å². The molecule has 4 nitrogen and oxygen atoms in total. The van der Waals surface area contributed by atoms with Gasteiger partial charge in [0, 0.05) is 43.5 Å². The number of hydrogen-bond donors (Lipinski definition) is 1. The van der Waals surface area contributed by atoms with Crippen LogP contribution in [0.1, 0.15) is 19.4 Å². The molecule has 0 spiro atoms. The van der Waals surface area contributed by atoms with Gasteiger partial charge in [0.05, 0.1) is 5.76 Å². The van der Waals surface area contributed by atoms with Crippen molar-refractivity contribution in [3.63, 3.8) is 0 Å². The van der Waals surface area contributed by atoms with Gasteiger partial charge in [-0.25, -0.2) is 4.98 Å². The van der Waals surface area contributed by atoms with Gasteiger partial charge in [0.1, 0.15) is 0 Å². The van der Waals surface area contributed by atoms with Crippen molar-refractivity contribution in [2.75, 3.05) is 0 Å². The third-order valence-electron chi connectivity index (χ3n) is 4.26. The van der Waals surface area contributed by atoms with Crippen LogP contribution in [-0.4, -0.2) is 15.9 Å². The maximum absolute atomic E-state index is 10.0. The maximum atomic E-state index is 10.0. The summed E-state index contributed by atoms with van der Waals surface area (Å²) >= 11 is 0. The summed E-state index contributed by atoms with van der Waals surface area (Å²) in [6.45, 7) is 4.97. The Bertz CT molecular complexity index is 1180. The van der Waals surface area contributed by atoms with Crippen LogP contribution < -0.4 is 4.74 Å². The second-order valence-electron chi connectivity index (χ2n) is 6.68. The summed E-state index contributed by atoms with van der Waals surface area (Å²) in [4.78, 5) is 14.4. The van der Waals surface area contributed by atoms with Crippen molar-refractivity contribution in [2.45, 2.75) is 20.8 Å². The van der Waals surface area contributed by atoms with E-state index in [1.807, 2.05) is 30.3 Å². The quantitative estimate of drug-likeness (QED) is 0.134. The molecule has 1 heterocycles. The van der Waals surface area contributed by atoms with Crippen molar-refractivity contribution in [2.24, 2.45) is 0 Å². The number of ether oxygens (including phenoxy) is 1. The van der Waals surface area contributed by atoms with Gasteiger partial charge in [-0.15, -0.1) is 12.1 Å². The summed E-state index contributed by atoms with van der Waals surface area (Å²) in [5.41, 5.74) is 1.22. The van der Waals surface area contributed by atoms with E-state index < -0.39 is 0 Å². The van der Waals surface area contributed by atoms with Crippen LogP contribution in [0.2, 0.25) is 0 Å². The number of para-hydroxylation sites is 1. The van der Waals surface area contributed by atoms with E-state index in [2.05, 4.69) is 48.3 Å². The van der Waals surface area contributed by atoms with Gasteiger partial charge in [-0.05, 0) is 54.6 Å². The number of ketones is 1. The predicted molar refractivity (Wildman–Crippen MR) is 116 cm³/mol. The van der Waals surface area contributed by atoms with E-state index in [1.165, 1.54) is 36.3 Å². The fraction of sp³-hybridized carbons (Fsp3) is 0.120. The molecule has 1 aromatic heterocycles. The molecule has 0 aliphatic carbocycles. The van der Waals surface area contributed by atoms with Crippen LogP contribution in [0.4, 0.5) is 0 Å². The zero-order valence-electron chi connectivity index (χ0n) is 17.0. The van der Waals surface area contributed by atoms with Crippen molar-refractivity contribution >= 4 is 27.3 Å². The largest absolute Gasteiger partial charge is 0.512 e. The Kier molecular flexibility index (Phi) is 8.28. The normalized spacial score (nSPS) is 10.7. The van der Waals surface area contributed by atoms with Gasteiger partial charge >= 0.3 is 0 Å². The van der Waals surface area contributed by atoms with Gasteiger partial charge in [-0.1, -0.05) is 24.3 Å². The monoisotopic (exact) mass is 577 g/mol. The van der Waals surface area contributed by atoms with Crippen LogP contribution >= 0.6 is 0 Å². The number of benzene rings is 3. The Morgan fingerprint density at radius 1 is 1.00 bits per heavy atom. The third-order valence-corrected chi connectivity index (χ3v) is 4.26. The zero-order valence-corrected chi connectivity index (χ0v) is 19.4. The number of nitrogens with zero attached hydrogens (tertiary/aromatic N) is 1. The molecule has 0 unspecified atom stereocenters. The molecule has 30 heavy (non-hydrogen) atoms.